The van der Waals surface area contributed by atoms with Gasteiger partial charge >= 0.3 is 0 Å². The van der Waals surface area contributed by atoms with Gasteiger partial charge in [-0.2, -0.15) is 0 Å². The van der Waals surface area contributed by atoms with Crippen molar-refractivity contribution in [3.8, 4) is 5.75 Å². The summed E-state index contributed by atoms with van der Waals surface area (Å²) in [6.07, 6.45) is 1.26. The molecular formula is C14H18BrN3O3. The molecule has 7 heteroatoms. The smallest absolute Gasteiger partial charge is 0.260 e. The van der Waals surface area contributed by atoms with Gasteiger partial charge in [0.05, 0.1) is 0 Å². The lowest BCUT2D eigenvalue weighted by molar-refractivity contribution is -0.137. The number of rotatable bonds is 4. The molecule has 21 heavy (non-hydrogen) atoms. The number of likely N-dealkylation sites (tertiary alicyclic amines) is 1. The molecule has 1 aromatic carbocycles. The van der Waals surface area contributed by atoms with E-state index in [1.54, 1.807) is 11.0 Å². The van der Waals surface area contributed by atoms with Gasteiger partial charge in [-0.25, -0.2) is 5.84 Å². The Morgan fingerprint density at radius 3 is 2.71 bits per heavy atom. The highest BCUT2D eigenvalue weighted by atomic mass is 79.9. The van der Waals surface area contributed by atoms with Crippen molar-refractivity contribution in [2.45, 2.75) is 12.8 Å². The largest absolute Gasteiger partial charge is 0.484 e. The topological polar surface area (TPSA) is 84.7 Å². The number of nitrogens with two attached hydrogens (primary N) is 1. The predicted molar refractivity (Wildman–Crippen MR) is 81.3 cm³/mol. The van der Waals surface area contributed by atoms with E-state index in [0.29, 0.717) is 31.7 Å². The third-order valence-corrected chi connectivity index (χ3v) is 4.01. The molecule has 6 nitrogen and oxygen atoms in total. The third kappa shape index (κ3) is 4.44. The molecular weight excluding hydrogens is 338 g/mol. The summed E-state index contributed by atoms with van der Waals surface area (Å²) in [5, 5.41) is 0. The van der Waals surface area contributed by atoms with Crippen LogP contribution in [0, 0.1) is 5.92 Å². The highest BCUT2D eigenvalue weighted by Crippen LogP contribution is 2.19. The monoisotopic (exact) mass is 355 g/mol. The second-order valence-electron chi connectivity index (χ2n) is 4.91. The molecule has 0 aliphatic carbocycles. The van der Waals surface area contributed by atoms with Crippen LogP contribution in [0.4, 0.5) is 0 Å². The lowest BCUT2D eigenvalue weighted by Crippen LogP contribution is -2.45. The van der Waals surface area contributed by atoms with Gasteiger partial charge in [-0.3, -0.25) is 15.0 Å². The molecule has 0 saturated carbocycles. The molecule has 0 atom stereocenters. The second-order valence-corrected chi connectivity index (χ2v) is 5.83. The van der Waals surface area contributed by atoms with Gasteiger partial charge in [-0.05, 0) is 31.0 Å². The first-order valence-corrected chi connectivity index (χ1v) is 7.56. The molecule has 1 saturated heterocycles. The number of carbonyl (C=O) groups is 2. The summed E-state index contributed by atoms with van der Waals surface area (Å²) in [4.78, 5) is 25.2. The molecule has 0 spiro atoms. The zero-order valence-corrected chi connectivity index (χ0v) is 13.1. The average Bonchev–Trinajstić information content (AvgIpc) is 2.52. The molecule has 114 valence electrons. The third-order valence-electron chi connectivity index (χ3n) is 3.52. The Labute approximate surface area is 131 Å². The Kier molecular flexibility index (Phi) is 5.58. The van der Waals surface area contributed by atoms with E-state index in [2.05, 4.69) is 21.4 Å². The molecule has 1 heterocycles. The molecule has 2 amide bonds. The number of carbonyl (C=O) groups excluding carboxylic acids is 2. The first-order chi connectivity index (χ1) is 10.1. The van der Waals surface area contributed by atoms with Crippen LogP contribution in [-0.2, 0) is 9.59 Å². The van der Waals surface area contributed by atoms with Crippen molar-refractivity contribution in [1.29, 1.82) is 0 Å². The summed E-state index contributed by atoms with van der Waals surface area (Å²) in [6, 6.07) is 7.35. The molecule has 1 aliphatic rings. The maximum atomic E-state index is 12.1. The highest BCUT2D eigenvalue weighted by molar-refractivity contribution is 9.10. The summed E-state index contributed by atoms with van der Waals surface area (Å²) < 4.78 is 6.38. The Balaban J connectivity index is 1.78. The number of hydrogen-bond acceptors (Lipinski definition) is 4. The number of halogens is 1. The fraction of sp³-hybridized carbons (Fsp3) is 0.429. The number of nitrogens with one attached hydrogen (secondary N) is 1. The number of amides is 2. The Hall–Kier alpha value is -1.60. The number of hydrogen-bond donors (Lipinski definition) is 2. The van der Waals surface area contributed by atoms with Crippen molar-refractivity contribution >= 4 is 27.7 Å². The van der Waals surface area contributed by atoms with Crippen LogP contribution in [0.2, 0.25) is 0 Å². The molecule has 1 aromatic rings. The van der Waals surface area contributed by atoms with E-state index >= 15 is 0 Å². The zero-order chi connectivity index (χ0) is 15.2. The Morgan fingerprint density at radius 1 is 1.38 bits per heavy atom. The Bertz CT molecular complexity index is 516. The van der Waals surface area contributed by atoms with Crippen LogP contribution < -0.4 is 16.0 Å². The van der Waals surface area contributed by atoms with Crippen LogP contribution in [0.3, 0.4) is 0 Å². The predicted octanol–water partition coefficient (Wildman–Crippen LogP) is 1.06. The van der Waals surface area contributed by atoms with Gasteiger partial charge in [0.25, 0.3) is 5.91 Å². The van der Waals surface area contributed by atoms with Gasteiger partial charge in [-0.15, -0.1) is 0 Å². The summed E-state index contributed by atoms with van der Waals surface area (Å²) in [6.45, 7) is 1.11. The number of piperidine rings is 1. The molecule has 0 unspecified atom stereocenters. The van der Waals surface area contributed by atoms with Crippen molar-refractivity contribution < 1.29 is 14.3 Å². The van der Waals surface area contributed by atoms with E-state index in [-0.39, 0.29) is 24.3 Å². The van der Waals surface area contributed by atoms with Crippen LogP contribution in [0.25, 0.3) is 0 Å². The summed E-state index contributed by atoms with van der Waals surface area (Å²) >= 11 is 3.35. The van der Waals surface area contributed by atoms with E-state index in [9.17, 15) is 9.59 Å². The lowest BCUT2D eigenvalue weighted by atomic mass is 9.96. The van der Waals surface area contributed by atoms with Crippen molar-refractivity contribution in [2.75, 3.05) is 19.7 Å². The lowest BCUT2D eigenvalue weighted by Gasteiger charge is -2.30. The van der Waals surface area contributed by atoms with Crippen molar-refractivity contribution in [3.05, 3.63) is 28.7 Å². The fourth-order valence-electron chi connectivity index (χ4n) is 2.30. The fourth-order valence-corrected chi connectivity index (χ4v) is 2.68. The van der Waals surface area contributed by atoms with Gasteiger partial charge in [0.15, 0.2) is 6.61 Å². The first-order valence-electron chi connectivity index (χ1n) is 6.76. The quantitative estimate of drug-likeness (QED) is 0.480. The molecule has 3 N–H and O–H groups in total. The van der Waals surface area contributed by atoms with E-state index < -0.39 is 0 Å². The van der Waals surface area contributed by atoms with E-state index in [0.717, 1.165) is 4.47 Å². The van der Waals surface area contributed by atoms with Crippen LogP contribution in [0.1, 0.15) is 12.8 Å². The van der Waals surface area contributed by atoms with Gasteiger partial charge in [0, 0.05) is 23.5 Å². The minimum absolute atomic E-state index is 0.00417. The molecule has 0 radical (unpaired) electrons. The minimum Gasteiger partial charge on any atom is -0.484 e. The number of benzene rings is 1. The number of nitrogens with zero attached hydrogens (tertiary/aromatic N) is 1. The van der Waals surface area contributed by atoms with Gasteiger partial charge in [0.1, 0.15) is 5.75 Å². The Morgan fingerprint density at radius 2 is 2.10 bits per heavy atom. The minimum atomic E-state index is -0.160. The zero-order valence-electron chi connectivity index (χ0n) is 11.5. The SMILES string of the molecule is NNC(=O)C1CCN(C(=O)COc2cccc(Br)c2)CC1. The van der Waals surface area contributed by atoms with E-state index in [1.165, 1.54) is 0 Å². The van der Waals surface area contributed by atoms with Crippen molar-refractivity contribution in [3.63, 3.8) is 0 Å². The van der Waals surface area contributed by atoms with Gasteiger partial charge < -0.3 is 9.64 Å². The average molecular weight is 356 g/mol. The van der Waals surface area contributed by atoms with Crippen molar-refractivity contribution in [1.82, 2.24) is 10.3 Å². The van der Waals surface area contributed by atoms with Crippen LogP contribution in [0.15, 0.2) is 28.7 Å². The number of hydrazine groups is 1. The van der Waals surface area contributed by atoms with Crippen LogP contribution >= 0.6 is 15.9 Å². The van der Waals surface area contributed by atoms with Crippen molar-refractivity contribution in [2.24, 2.45) is 11.8 Å². The second kappa shape index (κ2) is 7.42. The highest BCUT2D eigenvalue weighted by Gasteiger charge is 2.26. The van der Waals surface area contributed by atoms with Crippen LogP contribution in [0.5, 0.6) is 5.75 Å². The summed E-state index contributed by atoms with van der Waals surface area (Å²) in [5.41, 5.74) is 2.16. The van der Waals surface area contributed by atoms with E-state index in [1.807, 2.05) is 18.2 Å². The molecule has 0 bridgehead atoms. The standard InChI is InChI=1S/C14H18BrN3O3/c15-11-2-1-3-12(8-11)21-9-13(19)18-6-4-10(5-7-18)14(20)17-16/h1-3,8,10H,4-7,9,16H2,(H,17,20). The molecule has 1 aliphatic heterocycles. The van der Waals surface area contributed by atoms with Gasteiger partial charge in [-0.1, -0.05) is 22.0 Å². The normalized spacial score (nSPS) is 15.6. The maximum absolute atomic E-state index is 12.1. The molecule has 1 fully saturated rings. The van der Waals surface area contributed by atoms with E-state index in [4.69, 9.17) is 10.6 Å². The molecule has 2 rings (SSSR count). The maximum Gasteiger partial charge on any atom is 0.260 e. The van der Waals surface area contributed by atoms with Gasteiger partial charge in [0.2, 0.25) is 5.91 Å². The number of ether oxygens (including phenoxy) is 1. The first kappa shape index (κ1) is 15.8. The summed E-state index contributed by atoms with van der Waals surface area (Å²) in [5.74, 6) is 5.43. The van der Waals surface area contributed by atoms with Crippen LogP contribution in [-0.4, -0.2) is 36.4 Å². The molecule has 0 aromatic heterocycles. The summed E-state index contributed by atoms with van der Waals surface area (Å²) in [7, 11) is 0.